The molecule has 0 saturated heterocycles. The maximum absolute atomic E-state index is 10.3. The van der Waals surface area contributed by atoms with Gasteiger partial charge in [0.15, 0.2) is 11.5 Å². The molecular weight excluding hydrogens is 208 g/mol. The number of carbonyl (C=O) groups excluding carboxylic acids is 1. The predicted octanol–water partition coefficient (Wildman–Crippen LogP) is 0.857. The van der Waals surface area contributed by atoms with E-state index in [4.69, 9.17) is 9.47 Å². The predicted molar refractivity (Wildman–Crippen MR) is 58.2 cm³/mol. The third-order valence-corrected chi connectivity index (χ3v) is 1.89. The van der Waals surface area contributed by atoms with Crippen molar-refractivity contribution in [3.63, 3.8) is 0 Å². The molecule has 16 heavy (non-hydrogen) atoms. The van der Waals surface area contributed by atoms with Crippen molar-refractivity contribution in [3.8, 4) is 11.5 Å². The summed E-state index contributed by atoms with van der Waals surface area (Å²) in [6.45, 7) is 1.42. The number of methoxy groups -OCH3 is 1. The van der Waals surface area contributed by atoms with Gasteiger partial charge in [-0.1, -0.05) is 18.2 Å². The van der Waals surface area contributed by atoms with Gasteiger partial charge in [-0.2, -0.15) is 0 Å². The molecule has 0 aliphatic rings. The number of hydrogen-bond acceptors (Lipinski definition) is 4. The molecule has 1 aromatic carbocycles. The van der Waals surface area contributed by atoms with Crippen molar-refractivity contribution in [2.24, 2.45) is 0 Å². The van der Waals surface area contributed by atoms with Crippen LogP contribution >= 0.6 is 0 Å². The zero-order valence-electron chi connectivity index (χ0n) is 9.23. The van der Waals surface area contributed by atoms with E-state index in [1.54, 1.807) is 12.1 Å². The Labute approximate surface area is 94.1 Å². The summed E-state index contributed by atoms with van der Waals surface area (Å²) in [5.74, 6) is -0.378. The molecule has 4 heteroatoms. The monoisotopic (exact) mass is 221 g/mol. The highest BCUT2D eigenvalue weighted by Crippen LogP contribution is 2.28. The first-order valence-electron chi connectivity index (χ1n) is 4.80. The lowest BCUT2D eigenvalue weighted by molar-refractivity contribution is -0.307. The molecule has 0 heterocycles. The molecule has 86 valence electrons. The van der Waals surface area contributed by atoms with Gasteiger partial charge >= 0.3 is 0 Å². The lowest BCUT2D eigenvalue weighted by atomic mass is 10.2. The van der Waals surface area contributed by atoms with Crippen molar-refractivity contribution in [1.29, 1.82) is 0 Å². The Balaban J connectivity index is 2.88. The van der Waals surface area contributed by atoms with Gasteiger partial charge in [-0.3, -0.25) is 0 Å². The Kier molecular flexibility index (Phi) is 4.39. The highest BCUT2D eigenvalue weighted by Gasteiger charge is 2.04. The van der Waals surface area contributed by atoms with Gasteiger partial charge in [0, 0.05) is 0 Å². The second-order valence-electron chi connectivity index (χ2n) is 3.07. The lowest BCUT2D eigenvalue weighted by Gasteiger charge is -2.11. The Morgan fingerprint density at radius 3 is 2.75 bits per heavy atom. The summed E-state index contributed by atoms with van der Waals surface area (Å²) in [6.07, 6.45) is 3.81. The Morgan fingerprint density at radius 2 is 2.19 bits per heavy atom. The van der Waals surface area contributed by atoms with Gasteiger partial charge < -0.3 is 19.4 Å². The first-order chi connectivity index (χ1) is 7.67. The number of carbonyl (C=O) groups is 1. The van der Waals surface area contributed by atoms with E-state index in [1.165, 1.54) is 7.11 Å². The van der Waals surface area contributed by atoms with Gasteiger partial charge in [0.05, 0.1) is 13.1 Å². The number of carboxylic acid groups (broad SMARTS) is 1. The molecule has 0 aliphatic heterocycles. The van der Waals surface area contributed by atoms with Gasteiger partial charge in [-0.05, 0) is 24.6 Å². The van der Waals surface area contributed by atoms with Crippen LogP contribution in [0.2, 0.25) is 0 Å². The molecule has 1 rings (SSSR count). The van der Waals surface area contributed by atoms with Crippen LogP contribution in [0.5, 0.6) is 11.5 Å². The van der Waals surface area contributed by atoms with E-state index in [0.717, 1.165) is 5.56 Å². The summed E-state index contributed by atoms with van der Waals surface area (Å²) < 4.78 is 10.1. The van der Waals surface area contributed by atoms with Gasteiger partial charge in [0.25, 0.3) is 0 Å². The molecule has 0 saturated carbocycles. The maximum atomic E-state index is 10.3. The van der Waals surface area contributed by atoms with Crippen molar-refractivity contribution >= 4 is 12.0 Å². The van der Waals surface area contributed by atoms with Crippen LogP contribution in [0.1, 0.15) is 12.5 Å². The average molecular weight is 221 g/mol. The van der Waals surface area contributed by atoms with Gasteiger partial charge in [0.2, 0.25) is 0 Å². The van der Waals surface area contributed by atoms with Crippen molar-refractivity contribution < 1.29 is 19.4 Å². The van der Waals surface area contributed by atoms with Crippen LogP contribution in [0.25, 0.3) is 6.08 Å². The summed E-state index contributed by atoms with van der Waals surface area (Å²) >= 11 is 0. The van der Waals surface area contributed by atoms with Crippen LogP contribution in [-0.2, 0) is 4.79 Å². The second-order valence-corrected chi connectivity index (χ2v) is 3.07. The zero-order chi connectivity index (χ0) is 12.0. The maximum Gasteiger partial charge on any atom is 0.161 e. The smallest absolute Gasteiger partial charge is 0.161 e. The fourth-order valence-corrected chi connectivity index (χ4v) is 1.24. The molecule has 0 amide bonds. The lowest BCUT2D eigenvalue weighted by Crippen LogP contribution is -2.29. The first-order valence-corrected chi connectivity index (χ1v) is 4.80. The third kappa shape index (κ3) is 3.31. The van der Waals surface area contributed by atoms with Crippen LogP contribution in [0.4, 0.5) is 0 Å². The Bertz CT molecular complexity index is 396. The molecule has 0 aromatic heterocycles. The minimum Gasteiger partial charge on any atom is -0.546 e. The SMILES string of the molecule is C/C=C/c1ccc(OCC(=O)[O-])c(OC)c1. The molecular formula is C12H13O4-. The molecule has 0 N–H and O–H groups in total. The molecule has 1 aromatic rings. The van der Waals surface area contributed by atoms with Gasteiger partial charge in [-0.25, -0.2) is 0 Å². The van der Waals surface area contributed by atoms with Gasteiger partial charge in [0.1, 0.15) is 6.61 Å². The van der Waals surface area contributed by atoms with Crippen LogP contribution in [-0.4, -0.2) is 19.7 Å². The van der Waals surface area contributed by atoms with Crippen LogP contribution in [0.3, 0.4) is 0 Å². The van der Waals surface area contributed by atoms with Crippen LogP contribution in [0.15, 0.2) is 24.3 Å². The molecule has 4 nitrogen and oxygen atoms in total. The van der Waals surface area contributed by atoms with Crippen molar-refractivity contribution in [3.05, 3.63) is 29.8 Å². The summed E-state index contributed by atoms with van der Waals surface area (Å²) in [7, 11) is 1.50. The van der Waals surface area contributed by atoms with E-state index in [-0.39, 0.29) is 0 Å². The van der Waals surface area contributed by atoms with E-state index < -0.39 is 12.6 Å². The average Bonchev–Trinajstić information content (AvgIpc) is 2.27. The van der Waals surface area contributed by atoms with E-state index >= 15 is 0 Å². The Hall–Kier alpha value is -1.97. The van der Waals surface area contributed by atoms with Crippen molar-refractivity contribution in [2.75, 3.05) is 13.7 Å². The fraction of sp³-hybridized carbons (Fsp3) is 0.250. The summed E-state index contributed by atoms with van der Waals surface area (Å²) in [5, 5.41) is 10.3. The number of ether oxygens (including phenoxy) is 2. The molecule has 0 bridgehead atoms. The second kappa shape index (κ2) is 5.80. The third-order valence-electron chi connectivity index (χ3n) is 1.89. The molecule has 0 fully saturated rings. The van der Waals surface area contributed by atoms with E-state index in [2.05, 4.69) is 0 Å². The summed E-state index contributed by atoms with van der Waals surface area (Å²) in [5.41, 5.74) is 0.958. The highest BCUT2D eigenvalue weighted by atomic mass is 16.5. The van der Waals surface area contributed by atoms with Crippen LogP contribution < -0.4 is 14.6 Å². The molecule has 0 unspecified atom stereocenters. The van der Waals surface area contributed by atoms with Crippen molar-refractivity contribution in [2.45, 2.75) is 6.92 Å². The van der Waals surface area contributed by atoms with Crippen molar-refractivity contribution in [1.82, 2.24) is 0 Å². The molecule has 0 aliphatic carbocycles. The normalized spacial score (nSPS) is 10.4. The zero-order valence-corrected chi connectivity index (χ0v) is 9.23. The van der Waals surface area contributed by atoms with E-state index in [9.17, 15) is 9.90 Å². The molecule has 0 radical (unpaired) electrons. The first kappa shape index (κ1) is 12.1. The number of aliphatic carboxylic acids is 1. The summed E-state index contributed by atoms with van der Waals surface area (Å²) in [6, 6.07) is 5.24. The largest absolute Gasteiger partial charge is 0.546 e. The number of carboxylic acids is 1. The number of benzene rings is 1. The standard InChI is InChI=1S/C12H14O4/c1-3-4-9-5-6-10(11(7-9)15-2)16-8-12(13)14/h3-7H,8H2,1-2H3,(H,13,14)/p-1/b4-3+. The van der Waals surface area contributed by atoms with Gasteiger partial charge in [-0.15, -0.1) is 0 Å². The van der Waals surface area contributed by atoms with Crippen LogP contribution in [0, 0.1) is 0 Å². The quantitative estimate of drug-likeness (QED) is 0.739. The Morgan fingerprint density at radius 1 is 1.44 bits per heavy atom. The minimum atomic E-state index is -1.26. The summed E-state index contributed by atoms with van der Waals surface area (Å²) in [4.78, 5) is 10.3. The highest BCUT2D eigenvalue weighted by molar-refractivity contribution is 5.66. The number of rotatable bonds is 5. The minimum absolute atomic E-state index is 0.389. The van der Waals surface area contributed by atoms with E-state index in [1.807, 2.05) is 25.1 Å². The number of allylic oxidation sites excluding steroid dienone is 1. The fourth-order valence-electron chi connectivity index (χ4n) is 1.24. The topological polar surface area (TPSA) is 58.6 Å². The molecule has 0 atom stereocenters. The number of hydrogen-bond donors (Lipinski definition) is 0. The molecule has 0 spiro atoms. The van der Waals surface area contributed by atoms with E-state index in [0.29, 0.717) is 11.5 Å².